The first kappa shape index (κ1) is 39.5. The van der Waals surface area contributed by atoms with Crippen LogP contribution in [-0.4, -0.2) is 86.0 Å². The fourth-order valence-corrected chi connectivity index (χ4v) is 8.51. The number of hydrogen-bond donors (Lipinski definition) is 4. The molecular weight excluding hydrogens is 746 g/mol. The van der Waals surface area contributed by atoms with E-state index in [0.717, 1.165) is 4.90 Å². The van der Waals surface area contributed by atoms with Crippen molar-refractivity contribution in [1.29, 1.82) is 0 Å². The number of nitrogens with one attached hydrogen (secondary N) is 1. The number of aliphatic hydroxyl groups is 1. The maximum Gasteiger partial charge on any atom is 0.421 e. The molecule has 0 bridgehead atoms. The topological polar surface area (TPSA) is 213 Å². The summed E-state index contributed by atoms with van der Waals surface area (Å²) in [5, 5.41) is 12.3. The number of nitrogens with two attached hydrogens (primary N) is 2. The summed E-state index contributed by atoms with van der Waals surface area (Å²) < 4.78 is 23.1. The molecule has 2 fully saturated rings. The molecule has 0 aliphatic carbocycles. The Morgan fingerprint density at radius 2 is 1.57 bits per heavy atom. The number of ether oxygens (including phenoxy) is 4. The van der Waals surface area contributed by atoms with Crippen LogP contribution in [-0.2, 0) is 34.0 Å². The van der Waals surface area contributed by atoms with Crippen LogP contribution >= 0.6 is 0 Å². The minimum atomic E-state index is -2.13. The molecule has 4 aromatic rings. The first-order chi connectivity index (χ1) is 28.1. The molecular formula is C43H41N5O10. The third kappa shape index (κ3) is 6.87. The molecule has 0 saturated carbocycles. The molecule has 7 rings (SSSR count). The summed E-state index contributed by atoms with van der Waals surface area (Å²) in [7, 11) is 1.43. The van der Waals surface area contributed by atoms with Crippen molar-refractivity contribution in [1.82, 2.24) is 10.2 Å². The summed E-state index contributed by atoms with van der Waals surface area (Å²) in [6, 6.07) is 25.4. The van der Waals surface area contributed by atoms with Crippen molar-refractivity contribution in [3.8, 4) is 17.6 Å². The minimum absolute atomic E-state index is 0.0308. The molecule has 0 aromatic heterocycles. The maximum absolute atomic E-state index is 15.8. The van der Waals surface area contributed by atoms with Crippen LogP contribution in [0.1, 0.15) is 46.0 Å². The number of esters is 1. The van der Waals surface area contributed by atoms with Crippen molar-refractivity contribution >= 4 is 35.6 Å². The Kier molecular flexibility index (Phi) is 11.4. The lowest BCUT2D eigenvalue weighted by molar-refractivity contribution is -0.178. The Morgan fingerprint density at radius 3 is 2.24 bits per heavy atom. The summed E-state index contributed by atoms with van der Waals surface area (Å²) in [5.74, 6) is 1.65. The molecule has 4 aromatic carbocycles. The van der Waals surface area contributed by atoms with E-state index in [2.05, 4.69) is 17.2 Å². The monoisotopic (exact) mass is 787 g/mol. The second kappa shape index (κ2) is 16.8. The fraction of sp³-hybridized carbons (Fsp3) is 0.279. The van der Waals surface area contributed by atoms with E-state index in [-0.39, 0.29) is 50.0 Å². The Labute approximate surface area is 333 Å². The number of hydrogen-bond acceptors (Lipinski definition) is 11. The number of rotatable bonds is 11. The van der Waals surface area contributed by atoms with E-state index in [0.29, 0.717) is 22.3 Å². The van der Waals surface area contributed by atoms with Gasteiger partial charge in [-0.25, -0.2) is 14.5 Å². The van der Waals surface area contributed by atoms with Gasteiger partial charge >= 0.3 is 18.1 Å². The Morgan fingerprint density at radius 1 is 0.879 bits per heavy atom. The van der Waals surface area contributed by atoms with Crippen LogP contribution < -0.4 is 26.4 Å². The van der Waals surface area contributed by atoms with Crippen molar-refractivity contribution in [3.63, 3.8) is 0 Å². The van der Waals surface area contributed by atoms with Gasteiger partial charge in [-0.15, -0.1) is 0 Å². The van der Waals surface area contributed by atoms with Gasteiger partial charge in [0.25, 0.3) is 0 Å². The van der Waals surface area contributed by atoms with Gasteiger partial charge < -0.3 is 40.8 Å². The number of fused-ring (bicyclic) bond motifs is 3. The van der Waals surface area contributed by atoms with Gasteiger partial charge in [-0.05, 0) is 41.0 Å². The highest BCUT2D eigenvalue weighted by atomic mass is 16.6. The number of benzene rings is 4. The summed E-state index contributed by atoms with van der Waals surface area (Å²) >= 11 is 0. The Bertz CT molecular complexity index is 2280. The van der Waals surface area contributed by atoms with E-state index in [4.69, 9.17) is 30.4 Å². The van der Waals surface area contributed by atoms with Gasteiger partial charge in [0.1, 0.15) is 36.5 Å². The second-order valence-electron chi connectivity index (χ2n) is 13.8. The van der Waals surface area contributed by atoms with E-state index < -0.39 is 65.5 Å². The molecule has 2 saturated heterocycles. The zero-order chi connectivity index (χ0) is 41.0. The zero-order valence-corrected chi connectivity index (χ0v) is 31.4. The van der Waals surface area contributed by atoms with Gasteiger partial charge in [0, 0.05) is 18.2 Å². The third-order valence-electron chi connectivity index (χ3n) is 10.6. The highest BCUT2D eigenvalue weighted by molar-refractivity contribution is 6.23. The molecule has 3 aliphatic rings. The molecule has 15 nitrogen and oxygen atoms in total. The number of imide groups is 1. The van der Waals surface area contributed by atoms with Gasteiger partial charge in [0.15, 0.2) is 0 Å². The molecule has 3 heterocycles. The van der Waals surface area contributed by atoms with E-state index >= 15 is 4.79 Å². The summed E-state index contributed by atoms with van der Waals surface area (Å²) in [4.78, 5) is 73.0. The Balaban J connectivity index is 1.57. The SMILES string of the molecule is COCCOC(=O)N1C(=O)[C@@]2(c3cc(C#CCNC(N)=O)ccc31)[C@H](c1ccccc1OCCO)N1[C@H](c3ccccc3)[C@H](c3ccccc3)OC(=O)[C@H]1[C@@H]2C(N)=O. The maximum atomic E-state index is 15.8. The molecule has 0 radical (unpaired) electrons. The normalized spacial score (nSPS) is 23.3. The number of aliphatic hydroxyl groups excluding tert-OH is 1. The lowest BCUT2D eigenvalue weighted by Gasteiger charge is -2.46. The summed E-state index contributed by atoms with van der Waals surface area (Å²) in [6.45, 7) is -0.738. The van der Waals surface area contributed by atoms with Crippen LogP contribution in [0.5, 0.6) is 5.75 Å². The quantitative estimate of drug-likeness (QED) is 0.0986. The van der Waals surface area contributed by atoms with Crippen LogP contribution in [0, 0.1) is 17.8 Å². The Hall–Kier alpha value is -6.73. The molecule has 0 unspecified atom stereocenters. The predicted molar refractivity (Wildman–Crippen MR) is 208 cm³/mol. The van der Waals surface area contributed by atoms with Crippen molar-refractivity contribution in [2.75, 3.05) is 45.0 Å². The molecule has 3 aliphatic heterocycles. The van der Waals surface area contributed by atoms with Crippen molar-refractivity contribution in [2.45, 2.75) is 29.6 Å². The molecule has 298 valence electrons. The van der Waals surface area contributed by atoms with E-state index in [1.807, 2.05) is 60.7 Å². The van der Waals surface area contributed by atoms with Gasteiger partial charge in [0.2, 0.25) is 11.8 Å². The average molecular weight is 788 g/mol. The number of methoxy groups -OCH3 is 1. The standard InChI is InChI=1S/C43H41N5O10/c1-55-23-24-57-42(54)47-31-19-18-26(11-10-20-46-41(45)53)25-30(31)43(40(47)52)33(38(44)50)35-39(51)58-36(28-14-6-3-7-15-28)34(27-12-4-2-5-13-27)48(35)37(43)29-16-8-9-17-32(29)56-22-21-49/h2-9,12-19,25,33-37,49H,20-24H2,1H3,(H2,44,50)(H3,45,46,53)/t33-,34-,35-,36+,37+,43-/m1/s1. The van der Waals surface area contributed by atoms with Crippen LogP contribution in [0.3, 0.4) is 0 Å². The van der Waals surface area contributed by atoms with E-state index in [9.17, 15) is 24.3 Å². The van der Waals surface area contributed by atoms with Crippen molar-refractivity contribution < 1.29 is 48.0 Å². The van der Waals surface area contributed by atoms with Crippen LogP contribution in [0.25, 0.3) is 0 Å². The number of primary amides is 2. The average Bonchev–Trinajstić information content (AvgIpc) is 3.68. The molecule has 6 atom stereocenters. The third-order valence-corrected chi connectivity index (χ3v) is 10.6. The first-order valence-corrected chi connectivity index (χ1v) is 18.5. The number of para-hydroxylation sites is 1. The number of amides is 5. The molecule has 6 N–H and O–H groups in total. The van der Waals surface area contributed by atoms with Crippen LogP contribution in [0.15, 0.2) is 103 Å². The lowest BCUT2D eigenvalue weighted by atomic mass is 9.65. The zero-order valence-electron chi connectivity index (χ0n) is 31.4. The van der Waals surface area contributed by atoms with Crippen molar-refractivity contribution in [3.05, 3.63) is 131 Å². The molecule has 1 spiro atoms. The molecule has 58 heavy (non-hydrogen) atoms. The predicted octanol–water partition coefficient (Wildman–Crippen LogP) is 3.01. The van der Waals surface area contributed by atoms with E-state index in [1.54, 1.807) is 41.3 Å². The van der Waals surface area contributed by atoms with Crippen LogP contribution in [0.4, 0.5) is 15.3 Å². The fourth-order valence-electron chi connectivity index (χ4n) is 8.51. The van der Waals surface area contributed by atoms with Crippen LogP contribution in [0.2, 0.25) is 0 Å². The number of anilines is 1. The smallest absolute Gasteiger partial charge is 0.421 e. The van der Waals surface area contributed by atoms with E-state index in [1.165, 1.54) is 13.2 Å². The molecule has 5 amide bonds. The minimum Gasteiger partial charge on any atom is -0.491 e. The number of carbonyl (C=O) groups is 5. The number of carbonyl (C=O) groups excluding carboxylic acids is 5. The number of cyclic esters (lactones) is 1. The first-order valence-electron chi connectivity index (χ1n) is 18.5. The molecule has 15 heteroatoms. The summed E-state index contributed by atoms with van der Waals surface area (Å²) in [5.41, 5.74) is 11.8. The number of morpholine rings is 1. The van der Waals surface area contributed by atoms with Crippen molar-refractivity contribution in [2.24, 2.45) is 17.4 Å². The van der Waals surface area contributed by atoms with Gasteiger partial charge in [-0.2, -0.15) is 0 Å². The largest absolute Gasteiger partial charge is 0.491 e. The van der Waals surface area contributed by atoms with Gasteiger partial charge in [0.05, 0.1) is 43.4 Å². The highest BCUT2D eigenvalue weighted by Gasteiger charge is 2.75. The summed E-state index contributed by atoms with van der Waals surface area (Å²) in [6.07, 6.45) is -2.00. The highest BCUT2D eigenvalue weighted by Crippen LogP contribution is 2.66. The lowest BCUT2D eigenvalue weighted by Crippen LogP contribution is -2.55. The second-order valence-corrected chi connectivity index (χ2v) is 13.8. The van der Waals surface area contributed by atoms with Gasteiger partial charge in [-0.3, -0.25) is 19.3 Å². The van der Waals surface area contributed by atoms with Gasteiger partial charge in [-0.1, -0.05) is 90.7 Å². The number of urea groups is 1. The number of nitrogens with zero attached hydrogens (tertiary/aromatic N) is 2.